The Kier molecular flexibility index (Phi) is 1.55. The summed E-state index contributed by atoms with van der Waals surface area (Å²) in [5, 5.41) is 9.42. The molecular formula is C4H6N4O. The van der Waals surface area contributed by atoms with E-state index < -0.39 is 0 Å². The maximum absolute atomic E-state index is 10.1. The molecule has 3 N–H and O–H groups in total. The minimum atomic E-state index is 0.241. The van der Waals surface area contributed by atoms with Crippen LogP contribution in [0.15, 0.2) is 0 Å². The van der Waals surface area contributed by atoms with Crippen LogP contribution in [0.2, 0.25) is 0 Å². The van der Waals surface area contributed by atoms with Gasteiger partial charge in [-0.2, -0.15) is 15.4 Å². The highest BCUT2D eigenvalue weighted by atomic mass is 16.1. The Bertz CT molecular complexity index is 206. The van der Waals surface area contributed by atoms with Crippen LogP contribution < -0.4 is 5.73 Å². The topological polar surface area (TPSA) is 84.7 Å². The lowest BCUT2D eigenvalue weighted by Gasteiger charge is -1.82. The Labute approximate surface area is 51.2 Å². The molecule has 0 fully saturated rings. The van der Waals surface area contributed by atoms with Gasteiger partial charge >= 0.3 is 0 Å². The first kappa shape index (κ1) is 5.90. The predicted molar refractivity (Wildman–Crippen MR) is 29.7 cm³/mol. The van der Waals surface area contributed by atoms with Gasteiger partial charge in [-0.25, -0.2) is 0 Å². The third-order valence-electron chi connectivity index (χ3n) is 0.956. The van der Waals surface area contributed by atoms with Gasteiger partial charge in [-0.15, -0.1) is 0 Å². The van der Waals surface area contributed by atoms with Crippen molar-refractivity contribution >= 4 is 6.29 Å². The molecular weight excluding hydrogens is 120 g/mol. The van der Waals surface area contributed by atoms with E-state index in [1.165, 1.54) is 0 Å². The lowest BCUT2D eigenvalue weighted by Crippen LogP contribution is -1.99. The molecule has 0 atom stereocenters. The third kappa shape index (κ3) is 0.945. The molecule has 9 heavy (non-hydrogen) atoms. The summed E-state index contributed by atoms with van der Waals surface area (Å²) < 4.78 is 0. The van der Waals surface area contributed by atoms with Gasteiger partial charge in [-0.05, 0) is 0 Å². The van der Waals surface area contributed by atoms with Crippen LogP contribution in [0.5, 0.6) is 0 Å². The van der Waals surface area contributed by atoms with Crippen LogP contribution in [0.1, 0.15) is 16.2 Å². The molecule has 0 aliphatic heterocycles. The second-order valence-corrected chi connectivity index (χ2v) is 1.48. The molecule has 5 nitrogen and oxygen atoms in total. The van der Waals surface area contributed by atoms with Crippen molar-refractivity contribution in [2.45, 2.75) is 6.54 Å². The number of H-pyrrole nitrogens is 1. The minimum absolute atomic E-state index is 0.241. The highest BCUT2D eigenvalue weighted by molar-refractivity contribution is 5.72. The van der Waals surface area contributed by atoms with E-state index in [4.69, 9.17) is 5.73 Å². The molecule has 0 bridgehead atoms. The summed E-state index contributed by atoms with van der Waals surface area (Å²) in [6.07, 6.45) is 0.617. The number of nitrogens with two attached hydrogens (primary N) is 1. The highest BCUT2D eigenvalue weighted by Crippen LogP contribution is 1.93. The number of nitrogens with zero attached hydrogens (tertiary/aromatic N) is 2. The molecule has 0 saturated carbocycles. The van der Waals surface area contributed by atoms with Gasteiger partial charge in [0.1, 0.15) is 11.4 Å². The molecule has 0 radical (unpaired) electrons. The number of nitrogens with one attached hydrogen (secondary N) is 1. The number of aldehydes is 1. The zero-order valence-corrected chi connectivity index (χ0v) is 4.66. The largest absolute Gasteiger partial charge is 0.325 e. The average molecular weight is 126 g/mol. The second-order valence-electron chi connectivity index (χ2n) is 1.48. The normalized spacial score (nSPS) is 9.44. The van der Waals surface area contributed by atoms with E-state index >= 15 is 0 Å². The summed E-state index contributed by atoms with van der Waals surface area (Å²) in [5.41, 5.74) is 5.98. The highest BCUT2D eigenvalue weighted by Gasteiger charge is 2.01. The van der Waals surface area contributed by atoms with E-state index in [0.29, 0.717) is 12.0 Å². The van der Waals surface area contributed by atoms with Crippen molar-refractivity contribution < 1.29 is 4.79 Å². The van der Waals surface area contributed by atoms with Crippen LogP contribution in [0, 0.1) is 0 Å². The van der Waals surface area contributed by atoms with Gasteiger partial charge in [0.05, 0.1) is 0 Å². The molecule has 5 heteroatoms. The first-order valence-electron chi connectivity index (χ1n) is 2.43. The van der Waals surface area contributed by atoms with Crippen LogP contribution in [0.25, 0.3) is 0 Å². The molecule has 1 aromatic rings. The van der Waals surface area contributed by atoms with Crippen LogP contribution >= 0.6 is 0 Å². The van der Waals surface area contributed by atoms with Crippen molar-refractivity contribution in [1.29, 1.82) is 0 Å². The maximum atomic E-state index is 10.1. The average Bonchev–Trinajstić information content (AvgIpc) is 2.33. The molecule has 0 amide bonds. The van der Waals surface area contributed by atoms with E-state index in [-0.39, 0.29) is 12.2 Å². The number of hydrogen-bond donors (Lipinski definition) is 2. The fourth-order valence-electron chi connectivity index (χ4n) is 0.506. The van der Waals surface area contributed by atoms with Crippen LogP contribution in [-0.4, -0.2) is 21.7 Å². The first-order valence-corrected chi connectivity index (χ1v) is 2.43. The number of carbonyl (C=O) groups excluding carboxylic acids is 1. The molecule has 48 valence electrons. The SMILES string of the molecule is NCc1n[nH]nc1C=O. The molecule has 1 aromatic heterocycles. The molecule has 1 heterocycles. The minimum Gasteiger partial charge on any atom is -0.325 e. The van der Waals surface area contributed by atoms with E-state index in [0.717, 1.165) is 0 Å². The number of aromatic amines is 1. The summed E-state index contributed by atoms with van der Waals surface area (Å²) in [4.78, 5) is 10.1. The molecule has 0 unspecified atom stereocenters. The van der Waals surface area contributed by atoms with Gasteiger partial charge in [0, 0.05) is 6.54 Å². The van der Waals surface area contributed by atoms with Gasteiger partial charge in [0.15, 0.2) is 6.29 Å². The van der Waals surface area contributed by atoms with Crippen LogP contribution in [0.3, 0.4) is 0 Å². The monoisotopic (exact) mass is 126 g/mol. The molecule has 0 spiro atoms. The van der Waals surface area contributed by atoms with Crippen LogP contribution in [-0.2, 0) is 6.54 Å². The fourth-order valence-corrected chi connectivity index (χ4v) is 0.506. The first-order chi connectivity index (χ1) is 4.38. The van der Waals surface area contributed by atoms with Crippen molar-refractivity contribution in [2.75, 3.05) is 0 Å². The van der Waals surface area contributed by atoms with Crippen molar-refractivity contribution in [3.63, 3.8) is 0 Å². The summed E-state index contributed by atoms with van der Waals surface area (Å²) >= 11 is 0. The molecule has 0 aliphatic carbocycles. The molecule has 0 aliphatic rings. The summed E-state index contributed by atoms with van der Waals surface area (Å²) in [5.74, 6) is 0. The standard InChI is InChI=1S/C4H6N4O/c5-1-3-4(2-9)7-8-6-3/h2H,1,5H2,(H,6,7,8). The molecule has 1 rings (SSSR count). The Morgan fingerprint density at radius 2 is 2.44 bits per heavy atom. The lowest BCUT2D eigenvalue weighted by atomic mass is 10.3. The van der Waals surface area contributed by atoms with E-state index in [2.05, 4.69) is 15.4 Å². The van der Waals surface area contributed by atoms with E-state index in [1.54, 1.807) is 0 Å². The van der Waals surface area contributed by atoms with Crippen molar-refractivity contribution in [1.82, 2.24) is 15.4 Å². The second kappa shape index (κ2) is 2.36. The maximum Gasteiger partial charge on any atom is 0.172 e. The number of aromatic nitrogens is 3. The van der Waals surface area contributed by atoms with Gasteiger partial charge in [-0.3, -0.25) is 4.79 Å². The number of rotatable bonds is 2. The van der Waals surface area contributed by atoms with Gasteiger partial charge in [-0.1, -0.05) is 0 Å². The molecule has 0 saturated heterocycles. The lowest BCUT2D eigenvalue weighted by molar-refractivity contribution is 0.111. The van der Waals surface area contributed by atoms with Crippen LogP contribution in [0.4, 0.5) is 0 Å². The molecule has 0 aromatic carbocycles. The van der Waals surface area contributed by atoms with Gasteiger partial charge in [0.25, 0.3) is 0 Å². The zero-order valence-electron chi connectivity index (χ0n) is 4.66. The third-order valence-corrected chi connectivity index (χ3v) is 0.956. The Morgan fingerprint density at radius 3 is 2.89 bits per heavy atom. The summed E-state index contributed by atoms with van der Waals surface area (Å²) in [7, 11) is 0. The Balaban J connectivity index is 2.98. The predicted octanol–water partition coefficient (Wildman–Crippen LogP) is -0.924. The fraction of sp³-hybridized carbons (Fsp3) is 0.250. The smallest absolute Gasteiger partial charge is 0.172 e. The van der Waals surface area contributed by atoms with Crippen molar-refractivity contribution in [2.24, 2.45) is 5.73 Å². The zero-order chi connectivity index (χ0) is 6.69. The van der Waals surface area contributed by atoms with Crippen molar-refractivity contribution in [3.8, 4) is 0 Å². The van der Waals surface area contributed by atoms with Crippen molar-refractivity contribution in [3.05, 3.63) is 11.4 Å². The van der Waals surface area contributed by atoms with Gasteiger partial charge in [0.2, 0.25) is 0 Å². The van der Waals surface area contributed by atoms with E-state index in [1.807, 2.05) is 0 Å². The Hall–Kier alpha value is -1.23. The number of carbonyl (C=O) groups is 1. The van der Waals surface area contributed by atoms with E-state index in [9.17, 15) is 4.79 Å². The summed E-state index contributed by atoms with van der Waals surface area (Å²) in [6.45, 7) is 0.241. The Morgan fingerprint density at radius 1 is 1.67 bits per heavy atom. The quantitative estimate of drug-likeness (QED) is 0.501. The van der Waals surface area contributed by atoms with Gasteiger partial charge < -0.3 is 5.73 Å². The summed E-state index contributed by atoms with van der Waals surface area (Å²) in [6, 6.07) is 0. The number of hydrogen-bond acceptors (Lipinski definition) is 4.